The van der Waals surface area contributed by atoms with Crippen LogP contribution in [0.2, 0.25) is 10.0 Å². The van der Waals surface area contributed by atoms with Crippen LogP contribution in [-0.2, 0) is 19.5 Å². The Balaban J connectivity index is 0.000000174. The molecule has 4 N–H and O–H groups in total. The molecule has 4 aromatic heterocycles. The van der Waals surface area contributed by atoms with E-state index < -0.39 is 68.4 Å². The fourth-order valence-electron chi connectivity index (χ4n) is 9.03. The molecule has 0 bridgehead atoms. The summed E-state index contributed by atoms with van der Waals surface area (Å²) in [5.41, 5.74) is 4.31. The number of alkyl halides is 4. The van der Waals surface area contributed by atoms with E-state index in [1.54, 1.807) is 33.1 Å². The van der Waals surface area contributed by atoms with Crippen LogP contribution in [0.1, 0.15) is 70.8 Å². The van der Waals surface area contributed by atoms with Gasteiger partial charge in [-0.15, -0.1) is 0 Å². The van der Waals surface area contributed by atoms with Crippen LogP contribution in [0.3, 0.4) is 0 Å². The van der Waals surface area contributed by atoms with E-state index in [-0.39, 0.29) is 46.8 Å². The van der Waals surface area contributed by atoms with Crippen molar-refractivity contribution in [1.29, 1.82) is 9.56 Å². The number of aliphatic hydroxyl groups excluding tert-OH is 2. The summed E-state index contributed by atoms with van der Waals surface area (Å²) >= 11 is 12.3. The molecule has 0 fully saturated rings. The topological polar surface area (TPSA) is 175 Å². The lowest BCUT2D eigenvalue weighted by molar-refractivity contribution is -0.0512. The zero-order chi connectivity index (χ0) is 50.1. The van der Waals surface area contributed by atoms with E-state index in [9.17, 15) is 36.2 Å². The van der Waals surface area contributed by atoms with Crippen molar-refractivity contribution < 1.29 is 54.4 Å². The van der Waals surface area contributed by atoms with Crippen LogP contribution in [-0.4, -0.2) is 63.1 Å². The summed E-state index contributed by atoms with van der Waals surface area (Å²) in [6, 6.07) is 23.4. The van der Waals surface area contributed by atoms with E-state index in [0.717, 1.165) is 0 Å². The molecule has 2 aliphatic rings. The number of halogens is 8. The molecule has 12 nitrogen and oxygen atoms in total. The van der Waals surface area contributed by atoms with Gasteiger partial charge in [0, 0.05) is 91.0 Å². The van der Waals surface area contributed by atoms with Crippen molar-refractivity contribution in [2.75, 3.05) is 12.5 Å². The van der Waals surface area contributed by atoms with Crippen molar-refractivity contribution in [1.82, 2.24) is 18.8 Å². The summed E-state index contributed by atoms with van der Waals surface area (Å²) in [6.07, 6.45) is 4.00. The number of hydrogen-bond donors (Lipinski definition) is 4. The molecule has 0 saturated carbocycles. The zero-order valence-electron chi connectivity index (χ0n) is 36.4. The second-order valence-electron chi connectivity index (χ2n) is 16.8. The normalized spacial score (nSPS) is 19.2. The van der Waals surface area contributed by atoms with Gasteiger partial charge in [-0.2, -0.15) is 17.6 Å². The molecule has 4 heterocycles. The van der Waals surface area contributed by atoms with Crippen LogP contribution < -0.4 is 9.47 Å². The second-order valence-corrected chi connectivity index (χ2v) is 21.9. The number of imidazole rings is 2. The molecule has 2 aliphatic carbocycles. The molecule has 4 aromatic carbocycles. The first-order valence-electron chi connectivity index (χ1n) is 21.0. The summed E-state index contributed by atoms with van der Waals surface area (Å²) in [6.45, 7) is -6.10. The van der Waals surface area contributed by atoms with Gasteiger partial charge in [-0.25, -0.2) is 36.7 Å². The maximum absolute atomic E-state index is 15.1. The van der Waals surface area contributed by atoms with Crippen molar-refractivity contribution in [3.63, 3.8) is 0 Å². The highest BCUT2D eigenvalue weighted by Crippen LogP contribution is 2.49. The quantitative estimate of drug-likeness (QED) is 0.0979. The fourth-order valence-corrected chi connectivity index (χ4v) is 10.7. The SMILES string of the molecule is CS(=N)(=O)c1ccc(-c2cn3c4c(nc3cc2F)[C@H](O)C[C@@H]4c2cc(Cl)ccc2OC(F)F)cc1.CS(=N)(=O)c1ccc(-c2cn3c4c(nc3cc2F)[C@H](O)C[C@@H]4c2cc(Cl)ccc2OC(F)F)cc1. The Morgan fingerprint density at radius 3 is 1.30 bits per heavy atom. The van der Waals surface area contributed by atoms with Crippen LogP contribution >= 0.6 is 23.2 Å². The largest absolute Gasteiger partial charge is 0.435 e. The molecule has 6 atom stereocenters. The number of benzene rings is 4. The minimum absolute atomic E-state index is 0.0686. The average molecular weight is 1040 g/mol. The third-order valence-electron chi connectivity index (χ3n) is 12.1. The Morgan fingerprint density at radius 2 is 0.971 bits per heavy atom. The maximum Gasteiger partial charge on any atom is 0.387 e. The summed E-state index contributed by atoms with van der Waals surface area (Å²) in [5.74, 6) is -2.44. The minimum atomic E-state index is -3.05. The fraction of sp³-hybridized carbons (Fsp3) is 0.208. The summed E-state index contributed by atoms with van der Waals surface area (Å²) in [7, 11) is -5.84. The van der Waals surface area contributed by atoms with Gasteiger partial charge in [0.2, 0.25) is 0 Å². The van der Waals surface area contributed by atoms with Gasteiger partial charge in [0.15, 0.2) is 0 Å². The third-order valence-corrected chi connectivity index (χ3v) is 14.9. The zero-order valence-corrected chi connectivity index (χ0v) is 39.6. The highest BCUT2D eigenvalue weighted by Gasteiger charge is 2.39. The number of nitrogens with one attached hydrogen (secondary N) is 2. The van der Waals surface area contributed by atoms with Gasteiger partial charge >= 0.3 is 13.2 Å². The van der Waals surface area contributed by atoms with Gasteiger partial charge in [0.25, 0.3) is 0 Å². The van der Waals surface area contributed by atoms with E-state index in [1.807, 2.05) is 0 Å². The molecular formula is C48H38Cl2F6N6O6S2. The van der Waals surface area contributed by atoms with E-state index >= 15 is 8.78 Å². The van der Waals surface area contributed by atoms with Gasteiger partial charge in [-0.05, 0) is 84.6 Å². The summed E-state index contributed by atoms with van der Waals surface area (Å²) in [5, 5.41) is 22.0. The monoisotopic (exact) mass is 1040 g/mol. The number of aliphatic hydroxyl groups is 2. The number of rotatable bonds is 10. The van der Waals surface area contributed by atoms with Gasteiger partial charge < -0.3 is 28.5 Å². The first kappa shape index (κ1) is 48.8. The second kappa shape index (κ2) is 18.5. The van der Waals surface area contributed by atoms with E-state index in [1.165, 1.54) is 97.7 Å². The molecule has 2 unspecified atom stereocenters. The van der Waals surface area contributed by atoms with Crippen LogP contribution in [0.15, 0.2) is 119 Å². The van der Waals surface area contributed by atoms with Crippen molar-refractivity contribution >= 4 is 54.0 Å². The number of ether oxygens (including phenoxy) is 2. The van der Waals surface area contributed by atoms with Crippen molar-refractivity contribution in [2.45, 2.75) is 59.9 Å². The molecule has 10 rings (SSSR count). The summed E-state index contributed by atoms with van der Waals surface area (Å²) in [4.78, 5) is 9.43. The Labute approximate surface area is 406 Å². The van der Waals surface area contributed by atoms with Crippen LogP contribution in [0.4, 0.5) is 26.3 Å². The highest BCUT2D eigenvalue weighted by atomic mass is 35.5. The number of fused-ring (bicyclic) bond motifs is 6. The maximum atomic E-state index is 15.1. The third kappa shape index (κ3) is 9.43. The molecule has 0 spiro atoms. The molecule has 0 aliphatic heterocycles. The number of aromatic nitrogens is 4. The first-order valence-corrected chi connectivity index (χ1v) is 25.7. The van der Waals surface area contributed by atoms with Gasteiger partial charge in [-0.3, -0.25) is 0 Å². The minimum Gasteiger partial charge on any atom is -0.435 e. The van der Waals surface area contributed by atoms with Crippen molar-refractivity contribution in [3.8, 4) is 33.8 Å². The number of nitrogens with zero attached hydrogens (tertiary/aromatic N) is 4. The van der Waals surface area contributed by atoms with Crippen molar-refractivity contribution in [3.05, 3.63) is 165 Å². The Morgan fingerprint density at radius 1 is 0.614 bits per heavy atom. The first-order chi connectivity index (χ1) is 33.0. The highest BCUT2D eigenvalue weighted by molar-refractivity contribution is 7.92. The standard InChI is InChI=1S/2C24H19ClF3N3O3S/c2*1-35(29,33)14-5-2-12(3-6-14)17-11-31-21(10-18(17)26)30-22-19(32)9-16(23(22)31)15-8-13(25)4-7-20(15)34-24(27)28/h2*2-8,10-11,16,19,24,29,32H,9H2,1H3/t2*16-,19-,35?/m11/s1. The van der Waals surface area contributed by atoms with Gasteiger partial charge in [0.05, 0.1) is 54.4 Å². The smallest absolute Gasteiger partial charge is 0.387 e. The summed E-state index contributed by atoms with van der Waals surface area (Å²) < 4.78 is 134. The molecule has 22 heteroatoms. The lowest BCUT2D eigenvalue weighted by Crippen LogP contribution is -2.09. The number of pyridine rings is 2. The predicted octanol–water partition coefficient (Wildman–Crippen LogP) is 12.0. The van der Waals surface area contributed by atoms with Gasteiger partial charge in [-0.1, -0.05) is 47.5 Å². The average Bonchev–Trinajstić information content (AvgIpc) is 4.03. The molecule has 70 heavy (non-hydrogen) atoms. The lowest BCUT2D eigenvalue weighted by atomic mass is 9.95. The predicted molar refractivity (Wildman–Crippen MR) is 250 cm³/mol. The Kier molecular flexibility index (Phi) is 12.9. The molecule has 8 aromatic rings. The molecular weight excluding hydrogens is 1010 g/mol. The Hall–Kier alpha value is -6.16. The van der Waals surface area contributed by atoms with E-state index in [4.69, 9.17) is 42.2 Å². The van der Waals surface area contributed by atoms with E-state index in [2.05, 4.69) is 9.97 Å². The molecule has 0 saturated heterocycles. The van der Waals surface area contributed by atoms with Crippen LogP contribution in [0, 0.1) is 21.2 Å². The van der Waals surface area contributed by atoms with E-state index in [0.29, 0.717) is 64.9 Å². The lowest BCUT2D eigenvalue weighted by Gasteiger charge is -2.18. The van der Waals surface area contributed by atoms with Crippen LogP contribution in [0.25, 0.3) is 33.5 Å². The van der Waals surface area contributed by atoms with Gasteiger partial charge in [0.1, 0.15) is 34.4 Å². The van der Waals surface area contributed by atoms with Crippen molar-refractivity contribution in [2.24, 2.45) is 0 Å². The Bertz CT molecular complexity index is 3350. The van der Waals surface area contributed by atoms with Crippen LogP contribution in [0.5, 0.6) is 11.5 Å². The molecule has 0 radical (unpaired) electrons. The molecule has 364 valence electrons. The number of hydrogen-bond acceptors (Lipinski definition) is 10. The molecule has 0 amide bonds.